The number of hydrogen-bond donors (Lipinski definition) is 1. The van der Waals surface area contributed by atoms with E-state index in [-0.39, 0.29) is 18.2 Å². The molecule has 128 valence electrons. The summed E-state index contributed by atoms with van der Waals surface area (Å²) in [6.07, 6.45) is 1.22. The third-order valence-corrected chi connectivity index (χ3v) is 4.83. The quantitative estimate of drug-likeness (QED) is 0.925. The van der Waals surface area contributed by atoms with E-state index in [4.69, 9.17) is 0 Å². The standard InChI is InChI=1S/C19H25N3O2/c1-13-9-14(2)17(15(3)10-13)11-18(24)21-19(12-20)5-7-22(8-6-19)16(4)23/h9-10H,5-8,11H2,1-4H3,(H,21,24). The zero-order chi connectivity index (χ0) is 17.9. The van der Waals surface area contributed by atoms with E-state index in [0.29, 0.717) is 25.9 Å². The van der Waals surface area contributed by atoms with E-state index in [1.165, 1.54) is 12.5 Å². The monoisotopic (exact) mass is 327 g/mol. The minimum atomic E-state index is -0.866. The molecular weight excluding hydrogens is 302 g/mol. The van der Waals surface area contributed by atoms with Crippen molar-refractivity contribution in [2.45, 2.75) is 52.5 Å². The molecule has 0 unspecified atom stereocenters. The highest BCUT2D eigenvalue weighted by molar-refractivity contribution is 5.81. The molecule has 0 atom stereocenters. The Labute approximate surface area is 143 Å². The van der Waals surface area contributed by atoms with Crippen molar-refractivity contribution in [2.24, 2.45) is 0 Å². The van der Waals surface area contributed by atoms with Gasteiger partial charge in [0.25, 0.3) is 0 Å². The van der Waals surface area contributed by atoms with Crippen LogP contribution in [0.4, 0.5) is 0 Å². The van der Waals surface area contributed by atoms with Crippen molar-refractivity contribution in [3.63, 3.8) is 0 Å². The molecule has 5 nitrogen and oxygen atoms in total. The first-order valence-electron chi connectivity index (χ1n) is 8.31. The minimum Gasteiger partial charge on any atom is -0.343 e. The van der Waals surface area contributed by atoms with Gasteiger partial charge in [-0.3, -0.25) is 9.59 Å². The summed E-state index contributed by atoms with van der Waals surface area (Å²) in [7, 11) is 0. The van der Waals surface area contributed by atoms with E-state index in [9.17, 15) is 14.9 Å². The normalized spacial score (nSPS) is 16.4. The van der Waals surface area contributed by atoms with Gasteiger partial charge in [-0.25, -0.2) is 0 Å². The van der Waals surface area contributed by atoms with Gasteiger partial charge in [-0.2, -0.15) is 5.26 Å². The van der Waals surface area contributed by atoms with Gasteiger partial charge in [0.05, 0.1) is 12.5 Å². The zero-order valence-corrected chi connectivity index (χ0v) is 14.9. The third-order valence-electron chi connectivity index (χ3n) is 4.83. The summed E-state index contributed by atoms with van der Waals surface area (Å²) < 4.78 is 0. The molecule has 2 amide bonds. The number of hydrogen-bond acceptors (Lipinski definition) is 3. The molecule has 0 bridgehead atoms. The van der Waals surface area contributed by atoms with Crippen molar-refractivity contribution in [2.75, 3.05) is 13.1 Å². The van der Waals surface area contributed by atoms with Crippen LogP contribution < -0.4 is 5.32 Å². The maximum Gasteiger partial charge on any atom is 0.225 e. The molecule has 2 rings (SSSR count). The maximum atomic E-state index is 12.5. The zero-order valence-electron chi connectivity index (χ0n) is 14.9. The number of rotatable bonds is 3. The molecular formula is C19H25N3O2. The number of likely N-dealkylation sites (tertiary alicyclic amines) is 1. The third kappa shape index (κ3) is 3.94. The topological polar surface area (TPSA) is 73.2 Å². The average Bonchev–Trinajstić information content (AvgIpc) is 2.51. The van der Waals surface area contributed by atoms with Gasteiger partial charge in [-0.1, -0.05) is 17.7 Å². The van der Waals surface area contributed by atoms with E-state index in [1.807, 2.05) is 20.8 Å². The Bertz CT molecular complexity index is 672. The fraction of sp³-hybridized carbons (Fsp3) is 0.526. The van der Waals surface area contributed by atoms with Gasteiger partial charge < -0.3 is 10.2 Å². The number of carbonyl (C=O) groups is 2. The molecule has 0 saturated carbocycles. The van der Waals surface area contributed by atoms with Crippen LogP contribution in [-0.2, 0) is 16.0 Å². The predicted octanol–water partition coefficient (Wildman–Crippen LogP) is 2.18. The summed E-state index contributed by atoms with van der Waals surface area (Å²) in [6.45, 7) is 8.60. The number of piperidine rings is 1. The van der Waals surface area contributed by atoms with Crippen molar-refractivity contribution in [1.29, 1.82) is 5.26 Å². The number of carbonyl (C=O) groups excluding carboxylic acids is 2. The minimum absolute atomic E-state index is 0.0128. The largest absolute Gasteiger partial charge is 0.343 e. The predicted molar refractivity (Wildman–Crippen MR) is 92.3 cm³/mol. The summed E-state index contributed by atoms with van der Waals surface area (Å²) >= 11 is 0. The number of aryl methyl sites for hydroxylation is 3. The Morgan fingerprint density at radius 1 is 1.21 bits per heavy atom. The highest BCUT2D eigenvalue weighted by atomic mass is 16.2. The van der Waals surface area contributed by atoms with Crippen molar-refractivity contribution in [1.82, 2.24) is 10.2 Å². The molecule has 1 heterocycles. The number of nitrogens with zero attached hydrogens (tertiary/aromatic N) is 2. The fourth-order valence-corrected chi connectivity index (χ4v) is 3.43. The lowest BCUT2D eigenvalue weighted by atomic mass is 9.88. The summed E-state index contributed by atoms with van der Waals surface area (Å²) in [4.78, 5) is 25.6. The van der Waals surface area contributed by atoms with Crippen LogP contribution in [0.15, 0.2) is 12.1 Å². The molecule has 1 aliphatic heterocycles. The Balaban J connectivity index is 2.06. The first-order valence-corrected chi connectivity index (χ1v) is 8.31. The molecule has 0 aliphatic carbocycles. The molecule has 0 aromatic heterocycles. The van der Waals surface area contributed by atoms with E-state index >= 15 is 0 Å². The lowest BCUT2D eigenvalue weighted by molar-refractivity contribution is -0.130. The van der Waals surface area contributed by atoms with Crippen LogP contribution in [0, 0.1) is 32.1 Å². The van der Waals surface area contributed by atoms with Crippen LogP contribution in [0.25, 0.3) is 0 Å². The Morgan fingerprint density at radius 3 is 2.21 bits per heavy atom. The lowest BCUT2D eigenvalue weighted by Gasteiger charge is -2.37. The van der Waals surface area contributed by atoms with E-state index in [0.717, 1.165) is 16.7 Å². The van der Waals surface area contributed by atoms with E-state index in [2.05, 4.69) is 23.5 Å². The molecule has 1 aromatic carbocycles. The smallest absolute Gasteiger partial charge is 0.225 e. The van der Waals surface area contributed by atoms with Crippen LogP contribution >= 0.6 is 0 Å². The number of nitriles is 1. The maximum absolute atomic E-state index is 12.5. The average molecular weight is 327 g/mol. The van der Waals surface area contributed by atoms with Gasteiger partial charge in [-0.05, 0) is 37.5 Å². The van der Waals surface area contributed by atoms with Crippen molar-refractivity contribution in [3.8, 4) is 6.07 Å². The van der Waals surface area contributed by atoms with E-state index in [1.54, 1.807) is 4.90 Å². The van der Waals surface area contributed by atoms with Crippen molar-refractivity contribution >= 4 is 11.8 Å². The van der Waals surface area contributed by atoms with Gasteiger partial charge in [0.15, 0.2) is 0 Å². The Kier molecular flexibility index (Phi) is 5.28. The van der Waals surface area contributed by atoms with Gasteiger partial charge in [-0.15, -0.1) is 0 Å². The highest BCUT2D eigenvalue weighted by Gasteiger charge is 2.36. The Morgan fingerprint density at radius 2 is 1.75 bits per heavy atom. The molecule has 0 radical (unpaired) electrons. The lowest BCUT2D eigenvalue weighted by Crippen LogP contribution is -2.55. The van der Waals surface area contributed by atoms with Crippen LogP contribution in [0.2, 0.25) is 0 Å². The summed E-state index contributed by atoms with van der Waals surface area (Å²) in [6, 6.07) is 6.40. The van der Waals surface area contributed by atoms with Crippen molar-refractivity contribution in [3.05, 3.63) is 34.4 Å². The second kappa shape index (κ2) is 7.04. The molecule has 1 aromatic rings. The fourth-order valence-electron chi connectivity index (χ4n) is 3.43. The van der Waals surface area contributed by atoms with Crippen molar-refractivity contribution < 1.29 is 9.59 Å². The van der Waals surface area contributed by atoms with Crippen LogP contribution in [-0.4, -0.2) is 35.3 Å². The van der Waals surface area contributed by atoms with Crippen LogP contribution in [0.3, 0.4) is 0 Å². The van der Waals surface area contributed by atoms with Gasteiger partial charge >= 0.3 is 0 Å². The second-order valence-corrected chi connectivity index (χ2v) is 6.80. The summed E-state index contributed by atoms with van der Waals surface area (Å²) in [5.74, 6) is -0.123. The first kappa shape index (κ1) is 18.0. The summed E-state index contributed by atoms with van der Waals surface area (Å²) in [5, 5.41) is 12.5. The van der Waals surface area contributed by atoms with Crippen LogP contribution in [0.1, 0.15) is 42.0 Å². The summed E-state index contributed by atoms with van der Waals surface area (Å²) in [5.41, 5.74) is 3.53. The molecule has 1 N–H and O–H groups in total. The molecule has 1 fully saturated rings. The van der Waals surface area contributed by atoms with Gasteiger partial charge in [0.2, 0.25) is 11.8 Å². The molecule has 24 heavy (non-hydrogen) atoms. The van der Waals surface area contributed by atoms with Gasteiger partial charge in [0, 0.05) is 32.9 Å². The van der Waals surface area contributed by atoms with Gasteiger partial charge in [0.1, 0.15) is 5.54 Å². The SMILES string of the molecule is CC(=O)N1CCC(C#N)(NC(=O)Cc2c(C)cc(C)cc2C)CC1. The second-order valence-electron chi connectivity index (χ2n) is 6.80. The van der Waals surface area contributed by atoms with Crippen LogP contribution in [0.5, 0.6) is 0 Å². The Hall–Kier alpha value is -2.35. The first-order chi connectivity index (χ1) is 11.3. The number of amides is 2. The van der Waals surface area contributed by atoms with E-state index < -0.39 is 5.54 Å². The number of benzene rings is 1. The highest BCUT2D eigenvalue weighted by Crippen LogP contribution is 2.23. The molecule has 0 spiro atoms. The molecule has 1 aliphatic rings. The molecule has 5 heteroatoms. The molecule has 1 saturated heterocycles. The number of nitrogens with one attached hydrogen (secondary N) is 1.